The second-order valence-corrected chi connectivity index (χ2v) is 11.5. The number of hydrogen-bond acceptors (Lipinski definition) is 13. The molecule has 0 bridgehead atoms. The highest BCUT2D eigenvalue weighted by Gasteiger charge is 2.55. The fourth-order valence-corrected chi connectivity index (χ4v) is 6.20. The van der Waals surface area contributed by atoms with Crippen molar-refractivity contribution in [3.8, 4) is 0 Å². The zero-order valence-electron chi connectivity index (χ0n) is 17.1. The Bertz CT molecular complexity index is 1380. The molecule has 0 radical (unpaired) electrons. The van der Waals surface area contributed by atoms with Crippen LogP contribution in [-0.4, -0.2) is 68.6 Å². The molecule has 3 rings (SSSR count). The maximum Gasteiger partial charge on any atom is 0.490 e. The molecule has 6 atom stereocenters. The molecule has 0 amide bonds. The lowest BCUT2D eigenvalue weighted by molar-refractivity contribution is -0.0446. The number of H-pyrrole nitrogens is 1. The molecule has 3 unspecified atom stereocenters. The van der Waals surface area contributed by atoms with Crippen LogP contribution >= 0.6 is 23.5 Å². The van der Waals surface area contributed by atoms with Gasteiger partial charge in [0.2, 0.25) is 5.95 Å². The van der Waals surface area contributed by atoms with Crippen LogP contribution in [0.1, 0.15) is 13.2 Å². The summed E-state index contributed by atoms with van der Waals surface area (Å²) in [5, 5.41) is 14.2. The Morgan fingerprint density at radius 3 is 2.57 bits per heavy atom. The van der Waals surface area contributed by atoms with Gasteiger partial charge in [0.1, 0.15) is 11.6 Å². The molecule has 24 heteroatoms. The Morgan fingerprint density at radius 1 is 1.31 bits per heavy atom. The van der Waals surface area contributed by atoms with Gasteiger partial charge in [0.05, 0.1) is 19.0 Å². The van der Waals surface area contributed by atoms with Crippen LogP contribution in [0.15, 0.2) is 16.2 Å². The van der Waals surface area contributed by atoms with E-state index in [1.54, 1.807) is 0 Å². The van der Waals surface area contributed by atoms with Crippen LogP contribution < -0.4 is 11.3 Å². The van der Waals surface area contributed by atoms with Crippen LogP contribution in [0.2, 0.25) is 0 Å². The maximum atomic E-state index is 12.0. The normalized spacial score (nSPS) is 28.3. The number of imidazole rings is 1. The number of fused-ring (bicyclic) bond motifs is 1. The number of aromatic amines is 1. The number of phosphoric ester groups is 1. The fourth-order valence-electron chi connectivity index (χ4n) is 3.17. The average Bonchev–Trinajstić information content (AvgIpc) is 3.17. The van der Waals surface area contributed by atoms with Gasteiger partial charge in [0.15, 0.2) is 17.4 Å². The molecule has 3 heterocycles. The number of nitrogens with two attached hydrogens (primary N) is 1. The summed E-state index contributed by atoms with van der Waals surface area (Å²) in [6, 6.07) is 0. The van der Waals surface area contributed by atoms with Gasteiger partial charge < -0.3 is 35.2 Å². The third kappa shape index (κ3) is 5.96. The lowest BCUT2D eigenvalue weighted by Gasteiger charge is -2.28. The van der Waals surface area contributed by atoms with E-state index in [9.17, 15) is 33.4 Å². The molecule has 21 nitrogen and oxygen atoms in total. The van der Waals surface area contributed by atoms with Gasteiger partial charge in [-0.2, -0.15) is 13.6 Å². The monoisotopic (exact) mass is 562 g/mol. The summed E-state index contributed by atoms with van der Waals surface area (Å²) in [4.78, 5) is 60.6. The van der Waals surface area contributed by atoms with Crippen molar-refractivity contribution in [2.24, 2.45) is 5.11 Å². The zero-order chi connectivity index (χ0) is 26.4. The largest absolute Gasteiger partial charge is 0.490 e. The maximum absolute atomic E-state index is 12.0. The number of rotatable bonds is 9. The van der Waals surface area contributed by atoms with Crippen molar-refractivity contribution in [1.29, 1.82) is 0 Å². The van der Waals surface area contributed by atoms with Gasteiger partial charge in [-0.3, -0.25) is 18.9 Å². The number of nitrogen functional groups attached to an aromatic ring is 1. The van der Waals surface area contributed by atoms with Crippen molar-refractivity contribution < 1.29 is 56.3 Å². The zero-order valence-corrected chi connectivity index (χ0v) is 19.8. The SMILES string of the molecule is C[C@@]1(N=[N+]=[N-])[C@H](O)C(COP(=O)(O)OP(=O)(O)OP(=O)(O)O)O[C@H]1n1cnc2c(=O)[nH]c(N)nc21. The Labute approximate surface area is 192 Å². The smallest absolute Gasteiger partial charge is 0.389 e. The molecule has 35 heavy (non-hydrogen) atoms. The highest BCUT2D eigenvalue weighted by Crippen LogP contribution is 2.66. The quantitative estimate of drug-likeness (QED) is 0.0865. The molecule has 2 aromatic heterocycles. The number of aromatic nitrogens is 4. The molecule has 8 N–H and O–H groups in total. The van der Waals surface area contributed by atoms with E-state index in [-0.39, 0.29) is 17.1 Å². The minimum absolute atomic E-state index is 0.128. The van der Waals surface area contributed by atoms with Crippen molar-refractivity contribution >= 4 is 40.6 Å². The number of hydrogen-bond donors (Lipinski definition) is 7. The standard InChI is InChI=1S/C11H17N8O13P3/c1-11(17-18-13)6(20)4(2-29-34(25,26)32-35(27,28)31-33(22,23)24)30-9(11)19-3-14-5-7(19)15-10(12)16-8(5)21/h3-4,6,9,20H,2H2,1H3,(H,25,26)(H,27,28)(H2,22,23,24)(H3,12,15,16,21)/t4?,6-,9-,11-/m1/s1. The van der Waals surface area contributed by atoms with E-state index in [1.807, 2.05) is 0 Å². The van der Waals surface area contributed by atoms with Gasteiger partial charge in [0, 0.05) is 4.91 Å². The lowest BCUT2D eigenvalue weighted by Crippen LogP contribution is -2.42. The number of aliphatic hydroxyl groups is 1. The van der Waals surface area contributed by atoms with E-state index in [0.717, 1.165) is 10.9 Å². The van der Waals surface area contributed by atoms with Crippen molar-refractivity contribution in [3.05, 3.63) is 27.1 Å². The van der Waals surface area contributed by atoms with Crippen LogP contribution in [0.5, 0.6) is 0 Å². The van der Waals surface area contributed by atoms with E-state index in [4.69, 9.17) is 25.8 Å². The molecule has 0 aliphatic carbocycles. The highest BCUT2D eigenvalue weighted by atomic mass is 31.3. The van der Waals surface area contributed by atoms with Crippen LogP contribution in [0.4, 0.5) is 5.95 Å². The van der Waals surface area contributed by atoms with Gasteiger partial charge in [-0.1, -0.05) is 5.11 Å². The Balaban J connectivity index is 1.87. The highest BCUT2D eigenvalue weighted by molar-refractivity contribution is 7.66. The third-order valence-corrected chi connectivity index (χ3v) is 8.34. The first-order valence-corrected chi connectivity index (χ1v) is 13.4. The second kappa shape index (κ2) is 9.34. The molecule has 1 fully saturated rings. The van der Waals surface area contributed by atoms with Gasteiger partial charge in [-0.25, -0.2) is 18.7 Å². The summed E-state index contributed by atoms with van der Waals surface area (Å²) in [7, 11) is -16.9. The van der Waals surface area contributed by atoms with Gasteiger partial charge in [-0.15, -0.1) is 0 Å². The molecule has 1 aliphatic heterocycles. The van der Waals surface area contributed by atoms with E-state index >= 15 is 0 Å². The lowest BCUT2D eigenvalue weighted by atomic mass is 9.93. The first-order chi connectivity index (χ1) is 16.0. The summed E-state index contributed by atoms with van der Waals surface area (Å²) < 4.78 is 52.5. The molecule has 1 saturated heterocycles. The summed E-state index contributed by atoms with van der Waals surface area (Å²) >= 11 is 0. The number of phosphoric acid groups is 3. The minimum atomic E-state index is -5.77. The Kier molecular flexibility index (Phi) is 7.31. The molecule has 2 aromatic rings. The third-order valence-electron chi connectivity index (χ3n) is 4.54. The molecular weight excluding hydrogens is 545 g/mol. The van der Waals surface area contributed by atoms with Gasteiger partial charge in [0.25, 0.3) is 5.56 Å². The van der Waals surface area contributed by atoms with Crippen molar-refractivity contribution in [2.45, 2.75) is 30.9 Å². The Hall–Kier alpha value is -2.21. The van der Waals surface area contributed by atoms with Crippen molar-refractivity contribution in [3.63, 3.8) is 0 Å². The van der Waals surface area contributed by atoms with Crippen LogP contribution in [0, 0.1) is 0 Å². The molecule has 0 spiro atoms. The number of ether oxygens (including phenoxy) is 1. The number of anilines is 1. The fraction of sp³-hybridized carbons (Fsp3) is 0.545. The molecule has 0 saturated carbocycles. The van der Waals surface area contributed by atoms with E-state index in [0.29, 0.717) is 0 Å². The number of nitrogens with zero attached hydrogens (tertiary/aromatic N) is 6. The molecular formula is C11H17N8O13P3. The number of azide groups is 1. The predicted octanol–water partition coefficient (Wildman–Crippen LogP) is -0.628. The topological polar surface area (TPSA) is 328 Å². The summed E-state index contributed by atoms with van der Waals surface area (Å²) in [5.74, 6) is -0.294. The number of aliphatic hydroxyl groups excluding tert-OH is 1. The summed E-state index contributed by atoms with van der Waals surface area (Å²) in [5.41, 5.74) is 11.7. The van der Waals surface area contributed by atoms with Crippen molar-refractivity contribution in [1.82, 2.24) is 19.5 Å². The molecule has 0 aromatic carbocycles. The first-order valence-electron chi connectivity index (χ1n) is 8.88. The van der Waals surface area contributed by atoms with Gasteiger partial charge in [-0.05, 0) is 12.5 Å². The van der Waals surface area contributed by atoms with Crippen LogP contribution in [0.25, 0.3) is 21.6 Å². The predicted molar refractivity (Wildman–Crippen MR) is 110 cm³/mol. The van der Waals surface area contributed by atoms with E-state index < -0.39 is 59.6 Å². The molecule has 1 aliphatic rings. The second-order valence-electron chi connectivity index (χ2n) is 7.05. The minimum Gasteiger partial charge on any atom is -0.389 e. The van der Waals surface area contributed by atoms with Crippen LogP contribution in [-0.2, 0) is 31.6 Å². The average molecular weight is 562 g/mol. The number of nitrogens with one attached hydrogen (secondary N) is 1. The molecule has 194 valence electrons. The van der Waals surface area contributed by atoms with Crippen LogP contribution in [0.3, 0.4) is 0 Å². The van der Waals surface area contributed by atoms with E-state index in [2.05, 4.69) is 38.1 Å². The Morgan fingerprint density at radius 2 is 1.97 bits per heavy atom. The summed E-state index contributed by atoms with van der Waals surface area (Å²) in [6.07, 6.45) is -3.69. The van der Waals surface area contributed by atoms with Crippen molar-refractivity contribution in [2.75, 3.05) is 12.3 Å². The summed E-state index contributed by atoms with van der Waals surface area (Å²) in [6.45, 7) is 0.190. The van der Waals surface area contributed by atoms with Gasteiger partial charge >= 0.3 is 23.5 Å². The van der Waals surface area contributed by atoms with E-state index in [1.165, 1.54) is 6.92 Å². The first kappa shape index (κ1) is 27.4.